The van der Waals surface area contributed by atoms with Crippen LogP contribution < -0.4 is 10.3 Å². The number of benzene rings is 1. The summed E-state index contributed by atoms with van der Waals surface area (Å²) in [5.74, 6) is 0.742. The standard InChI is InChI=1S/C16H18N4O4S/c1-3-5-11-13-14(20-19-11)16(21)18-15(17-13)10-8-9(25(22)23)6-7-12(10)24-4-2/h6-8H,3-5H2,1-2H3,(H,19,20)(H,22,23)(H,17,18,21). The van der Waals surface area contributed by atoms with Crippen molar-refractivity contribution in [3.05, 3.63) is 34.2 Å². The molecule has 3 N–H and O–H groups in total. The van der Waals surface area contributed by atoms with E-state index < -0.39 is 11.1 Å². The molecular weight excluding hydrogens is 344 g/mol. The Labute approximate surface area is 145 Å². The van der Waals surface area contributed by atoms with Crippen LogP contribution >= 0.6 is 0 Å². The number of rotatable bonds is 6. The maximum absolute atomic E-state index is 12.4. The second-order valence-corrected chi connectivity index (χ2v) is 6.37. The zero-order chi connectivity index (χ0) is 18.0. The Morgan fingerprint density at radius 3 is 2.76 bits per heavy atom. The molecule has 0 aliphatic rings. The highest BCUT2D eigenvalue weighted by atomic mass is 32.2. The molecule has 8 nitrogen and oxygen atoms in total. The first-order valence-corrected chi connectivity index (χ1v) is 9.01. The highest BCUT2D eigenvalue weighted by Crippen LogP contribution is 2.30. The summed E-state index contributed by atoms with van der Waals surface area (Å²) in [6, 6.07) is 4.58. The van der Waals surface area contributed by atoms with Crippen molar-refractivity contribution in [3.8, 4) is 17.1 Å². The van der Waals surface area contributed by atoms with Crippen LogP contribution in [-0.2, 0) is 17.5 Å². The summed E-state index contributed by atoms with van der Waals surface area (Å²) in [5, 5.41) is 6.88. The smallest absolute Gasteiger partial charge is 0.279 e. The van der Waals surface area contributed by atoms with Gasteiger partial charge in [-0.3, -0.25) is 9.89 Å². The third-order valence-electron chi connectivity index (χ3n) is 3.69. The minimum atomic E-state index is -2.15. The molecule has 0 saturated carbocycles. The van der Waals surface area contributed by atoms with Gasteiger partial charge in [-0.1, -0.05) is 13.3 Å². The van der Waals surface area contributed by atoms with Gasteiger partial charge in [0.1, 0.15) is 17.1 Å². The molecule has 0 radical (unpaired) electrons. The van der Waals surface area contributed by atoms with Gasteiger partial charge in [-0.25, -0.2) is 9.19 Å². The van der Waals surface area contributed by atoms with Gasteiger partial charge in [0.15, 0.2) is 16.6 Å². The average molecular weight is 362 g/mol. The number of H-pyrrole nitrogens is 2. The van der Waals surface area contributed by atoms with E-state index in [0.717, 1.165) is 12.1 Å². The van der Waals surface area contributed by atoms with Crippen LogP contribution in [0.5, 0.6) is 5.75 Å². The van der Waals surface area contributed by atoms with E-state index in [1.165, 1.54) is 12.1 Å². The van der Waals surface area contributed by atoms with E-state index in [9.17, 15) is 13.6 Å². The lowest BCUT2D eigenvalue weighted by Gasteiger charge is -2.10. The predicted octanol–water partition coefficient (Wildman–Crippen LogP) is 2.25. The van der Waals surface area contributed by atoms with Crippen LogP contribution in [0.1, 0.15) is 26.0 Å². The molecule has 3 aromatic rings. The fourth-order valence-electron chi connectivity index (χ4n) is 2.59. The number of aromatic nitrogens is 4. The molecule has 132 valence electrons. The first kappa shape index (κ1) is 17.3. The molecule has 0 saturated heterocycles. The molecule has 25 heavy (non-hydrogen) atoms. The highest BCUT2D eigenvalue weighted by Gasteiger charge is 2.16. The second-order valence-electron chi connectivity index (χ2n) is 5.40. The molecule has 0 amide bonds. The Bertz CT molecular complexity index is 995. The number of hydrogen-bond donors (Lipinski definition) is 3. The van der Waals surface area contributed by atoms with Gasteiger partial charge in [-0.05, 0) is 31.5 Å². The monoisotopic (exact) mass is 362 g/mol. The van der Waals surface area contributed by atoms with Gasteiger partial charge in [-0.15, -0.1) is 0 Å². The van der Waals surface area contributed by atoms with Gasteiger partial charge < -0.3 is 14.3 Å². The van der Waals surface area contributed by atoms with Crippen molar-refractivity contribution in [1.82, 2.24) is 20.2 Å². The number of ether oxygens (including phenoxy) is 1. The molecule has 1 unspecified atom stereocenters. The largest absolute Gasteiger partial charge is 0.493 e. The normalized spacial score (nSPS) is 12.4. The van der Waals surface area contributed by atoms with E-state index >= 15 is 0 Å². The quantitative estimate of drug-likeness (QED) is 0.578. The van der Waals surface area contributed by atoms with Crippen molar-refractivity contribution in [2.75, 3.05) is 6.61 Å². The molecule has 2 heterocycles. The van der Waals surface area contributed by atoms with Gasteiger partial charge >= 0.3 is 0 Å². The first-order chi connectivity index (χ1) is 12.0. The van der Waals surface area contributed by atoms with E-state index in [2.05, 4.69) is 20.2 Å². The topological polar surface area (TPSA) is 121 Å². The minimum absolute atomic E-state index is 0.196. The van der Waals surface area contributed by atoms with Crippen LogP contribution in [0.15, 0.2) is 27.9 Å². The third-order valence-corrected chi connectivity index (χ3v) is 4.35. The van der Waals surface area contributed by atoms with Crippen LogP contribution in [0.4, 0.5) is 0 Å². The minimum Gasteiger partial charge on any atom is -0.493 e. The summed E-state index contributed by atoms with van der Waals surface area (Å²) in [6.45, 7) is 4.26. The Kier molecular flexibility index (Phi) is 4.95. The first-order valence-electron chi connectivity index (χ1n) is 7.90. The molecule has 0 aliphatic carbocycles. The summed E-state index contributed by atoms with van der Waals surface area (Å²) in [7, 11) is 0. The summed E-state index contributed by atoms with van der Waals surface area (Å²) >= 11 is -2.15. The fourth-order valence-corrected chi connectivity index (χ4v) is 3.00. The summed E-state index contributed by atoms with van der Waals surface area (Å²) in [5.41, 5.74) is 1.59. The molecule has 2 aromatic heterocycles. The second kappa shape index (κ2) is 7.16. The van der Waals surface area contributed by atoms with Crippen molar-refractivity contribution in [1.29, 1.82) is 0 Å². The van der Waals surface area contributed by atoms with Crippen molar-refractivity contribution in [2.24, 2.45) is 0 Å². The van der Waals surface area contributed by atoms with Gasteiger partial charge in [0.05, 0.1) is 22.8 Å². The average Bonchev–Trinajstić information content (AvgIpc) is 2.99. The molecule has 0 spiro atoms. The lowest BCUT2D eigenvalue weighted by molar-refractivity contribution is 0.341. The Balaban J connectivity index is 2.24. The zero-order valence-corrected chi connectivity index (χ0v) is 14.6. The highest BCUT2D eigenvalue weighted by molar-refractivity contribution is 7.79. The third kappa shape index (κ3) is 3.33. The van der Waals surface area contributed by atoms with Crippen LogP contribution in [0.25, 0.3) is 22.4 Å². The Morgan fingerprint density at radius 2 is 2.08 bits per heavy atom. The number of hydrogen-bond acceptors (Lipinski definition) is 5. The van der Waals surface area contributed by atoms with Crippen molar-refractivity contribution >= 4 is 22.1 Å². The van der Waals surface area contributed by atoms with Crippen LogP contribution in [0.3, 0.4) is 0 Å². The zero-order valence-electron chi connectivity index (χ0n) is 13.8. The lowest BCUT2D eigenvalue weighted by atomic mass is 10.1. The molecule has 0 fully saturated rings. The van der Waals surface area contributed by atoms with Crippen LogP contribution in [0, 0.1) is 0 Å². The Hall–Kier alpha value is -2.52. The molecule has 9 heteroatoms. The summed E-state index contributed by atoms with van der Waals surface area (Å²) in [6.07, 6.45) is 1.59. The lowest BCUT2D eigenvalue weighted by Crippen LogP contribution is -2.10. The van der Waals surface area contributed by atoms with Crippen molar-refractivity contribution in [2.45, 2.75) is 31.6 Å². The summed E-state index contributed by atoms with van der Waals surface area (Å²) < 4.78 is 26.3. The van der Waals surface area contributed by atoms with Crippen LogP contribution in [0.2, 0.25) is 0 Å². The molecule has 0 aliphatic heterocycles. The maximum Gasteiger partial charge on any atom is 0.279 e. The molecule has 0 bridgehead atoms. The molecule has 1 aromatic carbocycles. The van der Waals surface area contributed by atoms with Gasteiger partial charge in [0, 0.05) is 0 Å². The van der Waals surface area contributed by atoms with E-state index in [1.54, 1.807) is 6.07 Å². The number of fused-ring (bicyclic) bond motifs is 1. The molecule has 1 atom stereocenters. The fraction of sp³-hybridized carbons (Fsp3) is 0.312. The number of aromatic amines is 2. The number of nitrogens with one attached hydrogen (secondary N) is 2. The Morgan fingerprint density at radius 1 is 1.28 bits per heavy atom. The van der Waals surface area contributed by atoms with E-state index in [1.807, 2.05) is 13.8 Å². The molecule has 3 rings (SSSR count). The van der Waals surface area contributed by atoms with E-state index in [-0.39, 0.29) is 21.8 Å². The van der Waals surface area contributed by atoms with Crippen molar-refractivity contribution in [3.63, 3.8) is 0 Å². The van der Waals surface area contributed by atoms with Crippen molar-refractivity contribution < 1.29 is 13.5 Å². The molecular formula is C16H18N4O4S. The van der Waals surface area contributed by atoms with E-state index in [0.29, 0.717) is 29.9 Å². The summed E-state index contributed by atoms with van der Waals surface area (Å²) in [4.78, 5) is 19.7. The van der Waals surface area contributed by atoms with E-state index in [4.69, 9.17) is 4.74 Å². The SMILES string of the molecule is CCCc1[nH]nc2c(=O)[nH]c(-c3cc(S(=O)O)ccc3OCC)nc12. The number of aryl methyl sites for hydroxylation is 1. The van der Waals surface area contributed by atoms with Gasteiger partial charge in [-0.2, -0.15) is 5.10 Å². The van der Waals surface area contributed by atoms with Crippen LogP contribution in [-0.4, -0.2) is 35.5 Å². The van der Waals surface area contributed by atoms with Gasteiger partial charge in [0.25, 0.3) is 5.56 Å². The van der Waals surface area contributed by atoms with Gasteiger partial charge in [0.2, 0.25) is 0 Å². The maximum atomic E-state index is 12.4. The number of nitrogens with zero attached hydrogens (tertiary/aromatic N) is 2. The predicted molar refractivity (Wildman–Crippen MR) is 94.1 cm³/mol.